The molecule has 0 saturated carbocycles. The quantitative estimate of drug-likeness (QED) is 0.750. The second-order valence-electron chi connectivity index (χ2n) is 3.63. The first-order chi connectivity index (χ1) is 7.50. The van der Waals surface area contributed by atoms with Crippen molar-refractivity contribution in [2.45, 2.75) is 6.92 Å². The van der Waals surface area contributed by atoms with Crippen molar-refractivity contribution in [2.24, 2.45) is 7.05 Å². The highest BCUT2D eigenvalue weighted by molar-refractivity contribution is 5.49. The minimum Gasteiger partial charge on any atom is -0.508 e. The Morgan fingerprint density at radius 1 is 1.19 bits per heavy atom. The van der Waals surface area contributed by atoms with Crippen LogP contribution in [-0.4, -0.2) is 19.6 Å². The zero-order valence-electron chi connectivity index (χ0n) is 9.01. The Morgan fingerprint density at radius 3 is 2.38 bits per heavy atom. The molecule has 0 aliphatic rings. The van der Waals surface area contributed by atoms with E-state index < -0.39 is 0 Å². The van der Waals surface area contributed by atoms with Crippen LogP contribution in [0, 0.1) is 6.92 Å². The van der Waals surface area contributed by atoms with Gasteiger partial charge in [-0.05, 0) is 19.1 Å². The highest BCUT2D eigenvalue weighted by Crippen LogP contribution is 2.25. The van der Waals surface area contributed by atoms with E-state index >= 15 is 0 Å². The van der Waals surface area contributed by atoms with Crippen LogP contribution in [0.4, 0.5) is 0 Å². The highest BCUT2D eigenvalue weighted by Gasteiger charge is 2.11. The lowest BCUT2D eigenvalue weighted by Gasteiger charge is -2.10. The van der Waals surface area contributed by atoms with Gasteiger partial charge >= 0.3 is 0 Å². The number of hydrogen-bond donors (Lipinski definition) is 2. The molecule has 0 radical (unpaired) electrons. The van der Waals surface area contributed by atoms with Gasteiger partial charge in [0.05, 0.1) is 0 Å². The van der Waals surface area contributed by atoms with Crippen LogP contribution in [0.2, 0.25) is 0 Å². The van der Waals surface area contributed by atoms with Crippen molar-refractivity contribution in [1.29, 1.82) is 0 Å². The van der Waals surface area contributed by atoms with Gasteiger partial charge in [0.2, 0.25) is 0 Å². The van der Waals surface area contributed by atoms with Gasteiger partial charge in [0.15, 0.2) is 0 Å². The minimum absolute atomic E-state index is 0.0415. The second kappa shape index (κ2) is 3.44. The number of aryl methyl sites for hydroxylation is 1. The van der Waals surface area contributed by atoms with Crippen molar-refractivity contribution in [3.8, 4) is 17.2 Å². The maximum atomic E-state index is 11.7. The lowest BCUT2D eigenvalue weighted by Crippen LogP contribution is -2.19. The Morgan fingerprint density at radius 2 is 1.88 bits per heavy atom. The Hall–Kier alpha value is -2.17. The standard InChI is InChI=1S/C11H12N2O3/c1-7-5-11(16)13(12(7)2)9-4-3-8(14)6-10(9)15/h3-6,14-15H,1-2H3. The molecular formula is C11H12N2O3. The van der Waals surface area contributed by atoms with Crippen molar-refractivity contribution in [2.75, 3.05) is 0 Å². The predicted octanol–water partition coefficient (Wildman–Crippen LogP) is 0.896. The number of rotatable bonds is 1. The third kappa shape index (κ3) is 1.46. The number of aromatic hydroxyl groups is 2. The van der Waals surface area contributed by atoms with E-state index in [1.165, 1.54) is 28.9 Å². The molecule has 0 unspecified atom stereocenters. The largest absolute Gasteiger partial charge is 0.508 e. The molecule has 0 fully saturated rings. The third-order valence-corrected chi connectivity index (χ3v) is 2.54. The van der Waals surface area contributed by atoms with Crippen molar-refractivity contribution in [3.63, 3.8) is 0 Å². The van der Waals surface area contributed by atoms with E-state index in [4.69, 9.17) is 0 Å². The van der Waals surface area contributed by atoms with Gasteiger partial charge in [-0.25, -0.2) is 4.68 Å². The van der Waals surface area contributed by atoms with Gasteiger partial charge in [0.1, 0.15) is 17.2 Å². The van der Waals surface area contributed by atoms with E-state index in [2.05, 4.69) is 0 Å². The van der Waals surface area contributed by atoms with Crippen LogP contribution >= 0.6 is 0 Å². The molecule has 0 spiro atoms. The molecule has 16 heavy (non-hydrogen) atoms. The molecule has 0 aliphatic heterocycles. The maximum absolute atomic E-state index is 11.7. The minimum atomic E-state index is -0.221. The number of nitrogens with zero attached hydrogens (tertiary/aromatic N) is 2. The molecule has 0 saturated heterocycles. The zero-order chi connectivity index (χ0) is 11.9. The molecule has 2 rings (SSSR count). The normalized spacial score (nSPS) is 10.6. The van der Waals surface area contributed by atoms with Gasteiger partial charge in [-0.15, -0.1) is 0 Å². The number of phenolic OH excluding ortho intramolecular Hbond substituents is 2. The summed E-state index contributed by atoms with van der Waals surface area (Å²) < 4.78 is 2.97. The van der Waals surface area contributed by atoms with Crippen LogP contribution in [0.1, 0.15) is 5.69 Å². The zero-order valence-corrected chi connectivity index (χ0v) is 9.01. The van der Waals surface area contributed by atoms with Gasteiger partial charge in [0, 0.05) is 24.9 Å². The fourth-order valence-corrected chi connectivity index (χ4v) is 1.61. The summed E-state index contributed by atoms with van der Waals surface area (Å²) in [6, 6.07) is 5.59. The molecule has 1 aromatic heterocycles. The van der Waals surface area contributed by atoms with Crippen LogP contribution in [0.3, 0.4) is 0 Å². The van der Waals surface area contributed by atoms with Crippen LogP contribution in [0.5, 0.6) is 11.5 Å². The van der Waals surface area contributed by atoms with E-state index in [9.17, 15) is 15.0 Å². The van der Waals surface area contributed by atoms with E-state index in [1.54, 1.807) is 18.7 Å². The first-order valence-electron chi connectivity index (χ1n) is 4.78. The van der Waals surface area contributed by atoms with Crippen molar-refractivity contribution < 1.29 is 10.2 Å². The van der Waals surface area contributed by atoms with Crippen LogP contribution < -0.4 is 5.56 Å². The predicted molar refractivity (Wildman–Crippen MR) is 59.1 cm³/mol. The molecule has 2 aromatic rings. The number of aromatic nitrogens is 2. The lowest BCUT2D eigenvalue weighted by molar-refractivity contribution is 0.444. The smallest absolute Gasteiger partial charge is 0.271 e. The molecule has 1 heterocycles. The summed E-state index contributed by atoms with van der Waals surface area (Å²) in [7, 11) is 1.73. The molecule has 0 atom stereocenters. The van der Waals surface area contributed by atoms with E-state index in [1.807, 2.05) is 0 Å². The molecule has 2 N–H and O–H groups in total. The highest BCUT2D eigenvalue weighted by atomic mass is 16.3. The molecule has 0 aliphatic carbocycles. The molecule has 84 valence electrons. The van der Waals surface area contributed by atoms with Gasteiger partial charge in [0.25, 0.3) is 5.56 Å². The number of benzene rings is 1. The topological polar surface area (TPSA) is 67.4 Å². The van der Waals surface area contributed by atoms with Crippen molar-refractivity contribution in [3.05, 3.63) is 40.3 Å². The Balaban J connectivity index is 2.72. The summed E-state index contributed by atoms with van der Waals surface area (Å²) in [5.74, 6) is -0.177. The maximum Gasteiger partial charge on any atom is 0.271 e. The van der Waals surface area contributed by atoms with E-state index in [-0.39, 0.29) is 17.1 Å². The molecule has 0 amide bonds. The summed E-state index contributed by atoms with van der Waals surface area (Å²) in [6.45, 7) is 1.80. The molecule has 1 aromatic carbocycles. The average molecular weight is 220 g/mol. The second-order valence-corrected chi connectivity index (χ2v) is 3.63. The van der Waals surface area contributed by atoms with Gasteiger partial charge in [-0.2, -0.15) is 0 Å². The summed E-state index contributed by atoms with van der Waals surface area (Å²) >= 11 is 0. The third-order valence-electron chi connectivity index (χ3n) is 2.54. The number of phenols is 2. The first kappa shape index (κ1) is 10.4. The number of hydrogen-bond acceptors (Lipinski definition) is 3. The van der Waals surface area contributed by atoms with Gasteiger partial charge < -0.3 is 10.2 Å². The Kier molecular flexibility index (Phi) is 2.23. The molecular weight excluding hydrogens is 208 g/mol. The van der Waals surface area contributed by atoms with Crippen LogP contribution in [-0.2, 0) is 7.05 Å². The summed E-state index contributed by atoms with van der Waals surface area (Å²) in [5.41, 5.74) is 0.914. The Bertz CT molecular complexity index is 596. The average Bonchev–Trinajstić information content (AvgIpc) is 2.43. The van der Waals surface area contributed by atoms with Crippen LogP contribution in [0.25, 0.3) is 5.69 Å². The molecule has 5 nitrogen and oxygen atoms in total. The van der Waals surface area contributed by atoms with Crippen molar-refractivity contribution in [1.82, 2.24) is 9.36 Å². The van der Waals surface area contributed by atoms with E-state index in [0.29, 0.717) is 5.69 Å². The lowest BCUT2D eigenvalue weighted by atomic mass is 10.3. The van der Waals surface area contributed by atoms with E-state index in [0.717, 1.165) is 5.69 Å². The fraction of sp³-hybridized carbons (Fsp3) is 0.182. The summed E-state index contributed by atoms with van der Waals surface area (Å²) in [6.07, 6.45) is 0. The SMILES string of the molecule is Cc1cc(=O)n(-c2ccc(O)cc2O)n1C. The molecule has 0 bridgehead atoms. The first-order valence-corrected chi connectivity index (χ1v) is 4.78. The summed E-state index contributed by atoms with van der Waals surface area (Å²) in [4.78, 5) is 11.7. The van der Waals surface area contributed by atoms with Crippen LogP contribution in [0.15, 0.2) is 29.1 Å². The van der Waals surface area contributed by atoms with Crippen molar-refractivity contribution >= 4 is 0 Å². The fourth-order valence-electron chi connectivity index (χ4n) is 1.61. The Labute approximate surface area is 91.8 Å². The van der Waals surface area contributed by atoms with Gasteiger partial charge in [-0.1, -0.05) is 0 Å². The van der Waals surface area contributed by atoms with Gasteiger partial charge in [-0.3, -0.25) is 9.48 Å². The molecule has 5 heteroatoms. The summed E-state index contributed by atoms with van der Waals surface area (Å²) in [5, 5.41) is 18.8. The monoisotopic (exact) mass is 220 g/mol.